The normalized spacial score (nSPS) is 10.9. The van der Waals surface area contributed by atoms with Crippen molar-refractivity contribution in [1.82, 2.24) is 25.3 Å². The molecule has 1 N–H and O–H groups in total. The quantitative estimate of drug-likeness (QED) is 0.421. The summed E-state index contributed by atoms with van der Waals surface area (Å²) in [6, 6.07) is 13.9. The molecule has 2 aromatic heterocycles. The molecule has 0 unspecified atom stereocenters. The highest BCUT2D eigenvalue weighted by Crippen LogP contribution is 2.30. The number of rotatable bonds is 7. The van der Waals surface area contributed by atoms with Gasteiger partial charge in [-0.05, 0) is 63.9 Å². The van der Waals surface area contributed by atoms with Crippen molar-refractivity contribution in [2.45, 2.75) is 41.2 Å². The van der Waals surface area contributed by atoms with E-state index in [4.69, 9.17) is 4.74 Å². The second-order valence-corrected chi connectivity index (χ2v) is 8.86. The molecule has 0 spiro atoms. The molecule has 1 amide bonds. The standard InChI is InChI=1S/C25H27N5O2S/c1-6-32-21-10-8-7-9-19(21)14-26-24(31)23-17(4)27-25(33-23)22-18(5)30(29-28-22)20-12-11-15(2)16(3)13-20/h7-13H,6,14H2,1-5H3,(H,26,31). The lowest BCUT2D eigenvalue weighted by atomic mass is 10.1. The Hall–Kier alpha value is -3.52. The highest BCUT2D eigenvalue weighted by molar-refractivity contribution is 7.17. The van der Waals surface area contributed by atoms with Crippen LogP contribution in [0.1, 0.15) is 44.7 Å². The van der Waals surface area contributed by atoms with Gasteiger partial charge in [0.2, 0.25) is 0 Å². The van der Waals surface area contributed by atoms with E-state index in [9.17, 15) is 4.79 Å². The van der Waals surface area contributed by atoms with E-state index in [1.807, 2.05) is 55.8 Å². The Morgan fingerprint density at radius 1 is 1.09 bits per heavy atom. The van der Waals surface area contributed by atoms with Crippen molar-refractivity contribution < 1.29 is 9.53 Å². The van der Waals surface area contributed by atoms with Gasteiger partial charge < -0.3 is 10.1 Å². The minimum Gasteiger partial charge on any atom is -0.494 e. The highest BCUT2D eigenvalue weighted by atomic mass is 32.1. The van der Waals surface area contributed by atoms with E-state index in [1.54, 1.807) is 0 Å². The van der Waals surface area contributed by atoms with Crippen LogP contribution in [0.2, 0.25) is 0 Å². The van der Waals surface area contributed by atoms with Crippen LogP contribution >= 0.6 is 11.3 Å². The van der Waals surface area contributed by atoms with Crippen molar-refractivity contribution in [3.8, 4) is 22.1 Å². The SMILES string of the molecule is CCOc1ccccc1CNC(=O)c1sc(-c2nnn(-c3ccc(C)c(C)c3)c2C)nc1C. The first-order valence-electron chi connectivity index (χ1n) is 10.9. The molecule has 4 aromatic rings. The van der Waals surface area contributed by atoms with Crippen LogP contribution in [0.15, 0.2) is 42.5 Å². The maximum Gasteiger partial charge on any atom is 0.263 e. The summed E-state index contributed by atoms with van der Waals surface area (Å²) in [7, 11) is 0. The molecule has 0 radical (unpaired) electrons. The molecule has 7 nitrogen and oxygen atoms in total. The van der Waals surface area contributed by atoms with Crippen molar-refractivity contribution in [2.75, 3.05) is 6.61 Å². The predicted molar refractivity (Wildman–Crippen MR) is 130 cm³/mol. The summed E-state index contributed by atoms with van der Waals surface area (Å²) >= 11 is 1.33. The van der Waals surface area contributed by atoms with E-state index < -0.39 is 0 Å². The van der Waals surface area contributed by atoms with Crippen molar-refractivity contribution in [1.29, 1.82) is 0 Å². The molecule has 0 saturated heterocycles. The van der Waals surface area contributed by atoms with Crippen molar-refractivity contribution in [2.24, 2.45) is 0 Å². The number of hydrogen-bond acceptors (Lipinski definition) is 6. The van der Waals surface area contributed by atoms with Gasteiger partial charge in [0.1, 0.15) is 21.3 Å². The first kappa shape index (κ1) is 22.7. The zero-order valence-corrected chi connectivity index (χ0v) is 20.3. The third-order valence-corrected chi connectivity index (χ3v) is 6.71. The second-order valence-electron chi connectivity index (χ2n) is 7.86. The summed E-state index contributed by atoms with van der Waals surface area (Å²) in [5, 5.41) is 12.4. The van der Waals surface area contributed by atoms with Crippen LogP contribution < -0.4 is 10.1 Å². The van der Waals surface area contributed by atoms with E-state index in [0.717, 1.165) is 22.7 Å². The van der Waals surface area contributed by atoms with Crippen LogP contribution in [0, 0.1) is 27.7 Å². The molecule has 8 heteroatoms. The highest BCUT2D eigenvalue weighted by Gasteiger charge is 2.21. The van der Waals surface area contributed by atoms with Gasteiger partial charge in [0.05, 0.1) is 23.7 Å². The lowest BCUT2D eigenvalue weighted by Crippen LogP contribution is -2.22. The number of ether oxygens (including phenoxy) is 1. The van der Waals surface area contributed by atoms with Crippen molar-refractivity contribution in [3.63, 3.8) is 0 Å². The molecular weight excluding hydrogens is 434 g/mol. The molecule has 170 valence electrons. The van der Waals surface area contributed by atoms with Gasteiger partial charge in [-0.15, -0.1) is 16.4 Å². The first-order chi connectivity index (χ1) is 15.9. The summed E-state index contributed by atoms with van der Waals surface area (Å²) in [6.07, 6.45) is 0. The number of nitrogens with one attached hydrogen (secondary N) is 1. The third-order valence-electron chi connectivity index (χ3n) is 5.55. The van der Waals surface area contributed by atoms with Crippen molar-refractivity contribution >= 4 is 17.2 Å². The number of nitrogens with zero attached hydrogens (tertiary/aromatic N) is 4. The largest absolute Gasteiger partial charge is 0.494 e. The van der Waals surface area contributed by atoms with Crippen LogP contribution in [-0.2, 0) is 6.54 Å². The monoisotopic (exact) mass is 461 g/mol. The Morgan fingerprint density at radius 3 is 2.64 bits per heavy atom. The molecule has 4 rings (SSSR count). The van der Waals surface area contributed by atoms with Gasteiger partial charge >= 0.3 is 0 Å². The van der Waals surface area contributed by atoms with Gasteiger partial charge in [-0.2, -0.15) is 0 Å². The van der Waals surface area contributed by atoms with E-state index in [2.05, 4.69) is 46.6 Å². The molecule has 0 aliphatic carbocycles. The molecule has 2 aromatic carbocycles. The molecule has 0 atom stereocenters. The molecule has 0 fully saturated rings. The lowest BCUT2D eigenvalue weighted by molar-refractivity contribution is 0.0954. The molecule has 0 aliphatic rings. The average molecular weight is 462 g/mol. The summed E-state index contributed by atoms with van der Waals surface area (Å²) < 4.78 is 7.46. The number of thiazole rings is 1. The van der Waals surface area contributed by atoms with E-state index in [0.29, 0.717) is 34.4 Å². The Kier molecular flexibility index (Phi) is 6.55. The Morgan fingerprint density at radius 2 is 1.88 bits per heavy atom. The summed E-state index contributed by atoms with van der Waals surface area (Å²) in [6.45, 7) is 10.9. The summed E-state index contributed by atoms with van der Waals surface area (Å²) in [4.78, 5) is 18.1. The van der Waals surface area contributed by atoms with Gasteiger partial charge in [-0.3, -0.25) is 4.79 Å². The van der Waals surface area contributed by atoms with E-state index in [-0.39, 0.29) is 5.91 Å². The van der Waals surface area contributed by atoms with Crippen LogP contribution in [0.4, 0.5) is 0 Å². The van der Waals surface area contributed by atoms with Crippen LogP contribution in [-0.4, -0.2) is 32.5 Å². The fourth-order valence-corrected chi connectivity index (χ4v) is 4.56. The minimum absolute atomic E-state index is 0.165. The third kappa shape index (κ3) is 4.66. The minimum atomic E-state index is -0.165. The van der Waals surface area contributed by atoms with Gasteiger partial charge in [0.25, 0.3) is 5.91 Å². The Bertz CT molecular complexity index is 1310. The average Bonchev–Trinajstić information content (AvgIpc) is 3.37. The number of aryl methyl sites for hydroxylation is 3. The summed E-state index contributed by atoms with van der Waals surface area (Å²) in [5.41, 5.74) is 6.54. The zero-order valence-electron chi connectivity index (χ0n) is 19.5. The van der Waals surface area contributed by atoms with Crippen LogP contribution in [0.25, 0.3) is 16.4 Å². The van der Waals surface area contributed by atoms with Gasteiger partial charge in [0.15, 0.2) is 0 Å². The second kappa shape index (κ2) is 9.54. The maximum absolute atomic E-state index is 12.9. The van der Waals surface area contributed by atoms with Gasteiger partial charge in [0, 0.05) is 12.1 Å². The van der Waals surface area contributed by atoms with Gasteiger partial charge in [-0.1, -0.05) is 29.5 Å². The first-order valence-corrected chi connectivity index (χ1v) is 11.7. The number of para-hydroxylation sites is 1. The van der Waals surface area contributed by atoms with Crippen LogP contribution in [0.3, 0.4) is 0 Å². The molecule has 0 aliphatic heterocycles. The smallest absolute Gasteiger partial charge is 0.263 e. The molecular formula is C25H27N5O2S. The fourth-order valence-electron chi connectivity index (χ4n) is 3.54. The number of hydrogen-bond donors (Lipinski definition) is 1. The molecule has 0 saturated carbocycles. The Balaban J connectivity index is 1.55. The number of amides is 1. The molecule has 0 bridgehead atoms. The lowest BCUT2D eigenvalue weighted by Gasteiger charge is -2.10. The molecule has 33 heavy (non-hydrogen) atoms. The predicted octanol–water partition coefficient (Wildman–Crippen LogP) is 4.95. The number of aromatic nitrogens is 4. The van der Waals surface area contributed by atoms with E-state index >= 15 is 0 Å². The maximum atomic E-state index is 12.9. The number of carbonyl (C=O) groups is 1. The number of carbonyl (C=O) groups excluding carboxylic acids is 1. The summed E-state index contributed by atoms with van der Waals surface area (Å²) in [5.74, 6) is 0.613. The Labute approximate surface area is 197 Å². The number of benzene rings is 2. The van der Waals surface area contributed by atoms with Crippen molar-refractivity contribution in [3.05, 3.63) is 75.4 Å². The van der Waals surface area contributed by atoms with E-state index in [1.165, 1.54) is 22.5 Å². The van der Waals surface area contributed by atoms with Crippen LogP contribution in [0.5, 0.6) is 5.75 Å². The topological polar surface area (TPSA) is 81.9 Å². The van der Waals surface area contributed by atoms with Gasteiger partial charge in [-0.25, -0.2) is 9.67 Å². The molecule has 2 heterocycles. The fraction of sp³-hybridized carbons (Fsp3) is 0.280. The zero-order chi connectivity index (χ0) is 23.5.